The molecule has 0 saturated heterocycles. The second kappa shape index (κ2) is 8.03. The van der Waals surface area contributed by atoms with E-state index in [1.807, 2.05) is 31.2 Å². The Morgan fingerprint density at radius 1 is 1.29 bits per heavy atom. The van der Waals surface area contributed by atoms with Gasteiger partial charge in [0, 0.05) is 12.8 Å². The molecular weight excluding hydrogens is 266 g/mol. The number of carbonyl (C=O) groups is 1. The van der Waals surface area contributed by atoms with Crippen LogP contribution in [-0.2, 0) is 9.53 Å². The Labute approximate surface area is 127 Å². The summed E-state index contributed by atoms with van der Waals surface area (Å²) >= 11 is 0. The molecular formula is C17H27NO3. The predicted octanol–water partition coefficient (Wildman–Crippen LogP) is 3.87. The summed E-state index contributed by atoms with van der Waals surface area (Å²) in [5, 5.41) is 2.90. The Morgan fingerprint density at radius 3 is 2.38 bits per heavy atom. The Morgan fingerprint density at radius 2 is 1.90 bits per heavy atom. The van der Waals surface area contributed by atoms with E-state index in [0.29, 0.717) is 18.9 Å². The topological polar surface area (TPSA) is 47.6 Å². The quantitative estimate of drug-likeness (QED) is 0.791. The highest BCUT2D eigenvalue weighted by Crippen LogP contribution is 2.23. The lowest BCUT2D eigenvalue weighted by Crippen LogP contribution is -2.43. The van der Waals surface area contributed by atoms with Crippen LogP contribution in [0.3, 0.4) is 0 Å². The summed E-state index contributed by atoms with van der Waals surface area (Å²) < 4.78 is 10.9. The third-order valence-corrected chi connectivity index (χ3v) is 3.31. The van der Waals surface area contributed by atoms with Gasteiger partial charge in [0.25, 0.3) is 5.91 Å². The average Bonchev–Trinajstić information content (AvgIpc) is 2.45. The van der Waals surface area contributed by atoms with Crippen LogP contribution in [-0.4, -0.2) is 25.2 Å². The van der Waals surface area contributed by atoms with Crippen LogP contribution in [0.15, 0.2) is 24.3 Å². The minimum Gasteiger partial charge on any atom is -0.494 e. The molecule has 118 valence electrons. The van der Waals surface area contributed by atoms with E-state index in [-0.39, 0.29) is 5.91 Å². The van der Waals surface area contributed by atoms with Crippen molar-refractivity contribution in [3.63, 3.8) is 0 Å². The number of ether oxygens (including phenoxy) is 2. The maximum Gasteiger partial charge on any atom is 0.256 e. The summed E-state index contributed by atoms with van der Waals surface area (Å²) in [4.78, 5) is 12.4. The van der Waals surface area contributed by atoms with Crippen LogP contribution >= 0.6 is 0 Å². The maximum atomic E-state index is 12.4. The van der Waals surface area contributed by atoms with Crippen molar-refractivity contribution >= 4 is 11.6 Å². The fourth-order valence-electron chi connectivity index (χ4n) is 2.17. The third-order valence-electron chi connectivity index (χ3n) is 3.31. The van der Waals surface area contributed by atoms with E-state index < -0.39 is 5.60 Å². The first-order valence-electron chi connectivity index (χ1n) is 7.50. The molecule has 0 saturated carbocycles. The second-order valence-electron chi connectivity index (χ2n) is 5.86. The first-order chi connectivity index (χ1) is 9.91. The Hall–Kier alpha value is -1.55. The van der Waals surface area contributed by atoms with Gasteiger partial charge in [-0.05, 0) is 49.9 Å². The Kier molecular flexibility index (Phi) is 6.69. The molecule has 0 fully saturated rings. The lowest BCUT2D eigenvalue weighted by Gasteiger charge is -2.28. The molecule has 0 aliphatic heterocycles. The van der Waals surface area contributed by atoms with Crippen molar-refractivity contribution in [2.24, 2.45) is 5.92 Å². The molecule has 0 aliphatic rings. The summed E-state index contributed by atoms with van der Waals surface area (Å²) in [7, 11) is 1.57. The van der Waals surface area contributed by atoms with E-state index in [1.54, 1.807) is 7.11 Å². The van der Waals surface area contributed by atoms with Crippen molar-refractivity contribution in [3.05, 3.63) is 24.3 Å². The molecule has 1 rings (SSSR count). The minimum absolute atomic E-state index is 0.124. The van der Waals surface area contributed by atoms with Crippen LogP contribution in [0.4, 0.5) is 5.69 Å². The van der Waals surface area contributed by atoms with Crippen LogP contribution in [0, 0.1) is 5.92 Å². The van der Waals surface area contributed by atoms with Gasteiger partial charge in [-0.25, -0.2) is 0 Å². The number of hydrogen-bond acceptors (Lipinski definition) is 3. The number of methoxy groups -OCH3 is 1. The van der Waals surface area contributed by atoms with E-state index in [2.05, 4.69) is 26.1 Å². The first kappa shape index (κ1) is 17.5. The van der Waals surface area contributed by atoms with Gasteiger partial charge in [0.05, 0.1) is 6.61 Å². The smallest absolute Gasteiger partial charge is 0.256 e. The Bertz CT molecular complexity index is 442. The Balaban J connectivity index is 2.68. The van der Waals surface area contributed by atoms with Gasteiger partial charge in [-0.2, -0.15) is 0 Å². The molecule has 0 spiro atoms. The largest absolute Gasteiger partial charge is 0.494 e. The fraction of sp³-hybridized carbons (Fsp3) is 0.588. The van der Waals surface area contributed by atoms with E-state index in [0.717, 1.165) is 17.9 Å². The lowest BCUT2D eigenvalue weighted by molar-refractivity contribution is -0.137. The SMILES string of the molecule is CCCOc1ccc(NC(=O)[C@@](C)(CC(C)C)OC)cc1. The van der Waals surface area contributed by atoms with Crippen molar-refractivity contribution in [3.8, 4) is 5.75 Å². The van der Waals surface area contributed by atoms with Crippen molar-refractivity contribution in [1.29, 1.82) is 0 Å². The lowest BCUT2D eigenvalue weighted by atomic mass is 9.93. The molecule has 1 aromatic rings. The van der Waals surface area contributed by atoms with Crippen molar-refractivity contribution in [2.75, 3.05) is 19.0 Å². The number of carbonyl (C=O) groups excluding carboxylic acids is 1. The molecule has 1 aromatic carbocycles. The van der Waals surface area contributed by atoms with Gasteiger partial charge >= 0.3 is 0 Å². The molecule has 1 amide bonds. The van der Waals surface area contributed by atoms with E-state index in [4.69, 9.17) is 9.47 Å². The third kappa shape index (κ3) is 5.38. The van der Waals surface area contributed by atoms with E-state index >= 15 is 0 Å². The first-order valence-corrected chi connectivity index (χ1v) is 7.50. The monoisotopic (exact) mass is 293 g/mol. The maximum absolute atomic E-state index is 12.4. The summed E-state index contributed by atoms with van der Waals surface area (Å²) in [6.07, 6.45) is 1.65. The van der Waals surface area contributed by atoms with Gasteiger partial charge in [0.15, 0.2) is 0 Å². The highest BCUT2D eigenvalue weighted by atomic mass is 16.5. The molecule has 1 atom stereocenters. The molecule has 0 aliphatic carbocycles. The average molecular weight is 293 g/mol. The zero-order chi connectivity index (χ0) is 15.9. The molecule has 0 radical (unpaired) electrons. The van der Waals surface area contributed by atoms with Crippen LogP contribution in [0.5, 0.6) is 5.75 Å². The van der Waals surface area contributed by atoms with Gasteiger partial charge in [-0.1, -0.05) is 20.8 Å². The molecule has 0 heterocycles. The molecule has 4 nitrogen and oxygen atoms in total. The van der Waals surface area contributed by atoms with Crippen LogP contribution in [0.2, 0.25) is 0 Å². The molecule has 4 heteroatoms. The minimum atomic E-state index is -0.814. The van der Waals surface area contributed by atoms with Gasteiger partial charge in [0.1, 0.15) is 11.4 Å². The molecule has 0 bridgehead atoms. The van der Waals surface area contributed by atoms with Gasteiger partial charge in [0.2, 0.25) is 0 Å². The van der Waals surface area contributed by atoms with Crippen molar-refractivity contribution < 1.29 is 14.3 Å². The number of nitrogens with one attached hydrogen (secondary N) is 1. The fourth-order valence-corrected chi connectivity index (χ4v) is 2.17. The molecule has 0 unspecified atom stereocenters. The van der Waals surface area contributed by atoms with Crippen LogP contribution < -0.4 is 10.1 Å². The highest BCUT2D eigenvalue weighted by Gasteiger charge is 2.33. The highest BCUT2D eigenvalue weighted by molar-refractivity contribution is 5.97. The van der Waals surface area contributed by atoms with Gasteiger partial charge in [-0.15, -0.1) is 0 Å². The summed E-state index contributed by atoms with van der Waals surface area (Å²) in [5.41, 5.74) is -0.0678. The van der Waals surface area contributed by atoms with Crippen LogP contribution in [0.1, 0.15) is 40.5 Å². The van der Waals surface area contributed by atoms with E-state index in [9.17, 15) is 4.79 Å². The van der Waals surface area contributed by atoms with Crippen LogP contribution in [0.25, 0.3) is 0 Å². The standard InChI is InChI=1S/C17H27NO3/c1-6-11-21-15-9-7-14(8-10-15)18-16(19)17(4,20-5)12-13(2)3/h7-10,13H,6,11-12H2,1-5H3,(H,18,19)/t17-/m1/s1. The summed E-state index contributed by atoms with van der Waals surface area (Å²) in [5.74, 6) is 1.07. The zero-order valence-electron chi connectivity index (χ0n) is 13.7. The number of amides is 1. The number of anilines is 1. The number of rotatable bonds is 8. The molecule has 21 heavy (non-hydrogen) atoms. The van der Waals surface area contributed by atoms with E-state index in [1.165, 1.54) is 0 Å². The second-order valence-corrected chi connectivity index (χ2v) is 5.86. The summed E-state index contributed by atoms with van der Waals surface area (Å²) in [6, 6.07) is 7.40. The van der Waals surface area contributed by atoms with Crippen molar-refractivity contribution in [2.45, 2.75) is 46.1 Å². The van der Waals surface area contributed by atoms with Gasteiger partial charge < -0.3 is 14.8 Å². The zero-order valence-corrected chi connectivity index (χ0v) is 13.7. The van der Waals surface area contributed by atoms with Crippen molar-refractivity contribution in [1.82, 2.24) is 0 Å². The number of benzene rings is 1. The predicted molar refractivity (Wildman–Crippen MR) is 85.7 cm³/mol. The summed E-state index contributed by atoms with van der Waals surface area (Å²) in [6.45, 7) is 8.73. The number of hydrogen-bond donors (Lipinski definition) is 1. The molecule has 0 aromatic heterocycles. The van der Waals surface area contributed by atoms with Gasteiger partial charge in [-0.3, -0.25) is 4.79 Å². The molecule has 1 N–H and O–H groups in total. The normalized spacial score (nSPS) is 13.8.